The molecule has 4 nitrogen and oxygen atoms in total. The Balaban J connectivity index is 0. The standard InChI is InChI=1S/C10H24N.N3/c1-5-7-9-11(3,4)10-8-6-2;1-3-2/h5-10H2,1-4H3;/q+1;-1. The average molecular weight is 200 g/mol. The summed E-state index contributed by atoms with van der Waals surface area (Å²) in [5.74, 6) is 0. The summed E-state index contributed by atoms with van der Waals surface area (Å²) in [7, 11) is 4.68. The van der Waals surface area contributed by atoms with Gasteiger partial charge in [0, 0.05) is 0 Å². The van der Waals surface area contributed by atoms with Crippen molar-refractivity contribution in [2.75, 3.05) is 27.2 Å². The Morgan fingerprint density at radius 3 is 1.43 bits per heavy atom. The highest BCUT2D eigenvalue weighted by Crippen LogP contribution is 2.03. The van der Waals surface area contributed by atoms with Gasteiger partial charge in [-0.1, -0.05) is 26.7 Å². The summed E-state index contributed by atoms with van der Waals surface area (Å²) >= 11 is 0. The Morgan fingerprint density at radius 1 is 0.929 bits per heavy atom. The summed E-state index contributed by atoms with van der Waals surface area (Å²) < 4.78 is 1.21. The first-order valence-electron chi connectivity index (χ1n) is 5.34. The van der Waals surface area contributed by atoms with Crippen LogP contribution in [0.3, 0.4) is 0 Å². The van der Waals surface area contributed by atoms with Gasteiger partial charge in [0.05, 0.1) is 27.2 Å². The van der Waals surface area contributed by atoms with E-state index in [1.54, 1.807) is 0 Å². The third-order valence-electron chi connectivity index (χ3n) is 2.23. The van der Waals surface area contributed by atoms with Gasteiger partial charge in [-0.3, -0.25) is 4.91 Å². The van der Waals surface area contributed by atoms with Crippen molar-refractivity contribution in [3.63, 3.8) is 0 Å². The summed E-state index contributed by atoms with van der Waals surface area (Å²) in [5, 5.41) is 0. The molecule has 0 amide bonds. The fourth-order valence-corrected chi connectivity index (χ4v) is 1.28. The molecule has 84 valence electrons. The lowest BCUT2D eigenvalue weighted by molar-refractivity contribution is -0.890. The number of rotatable bonds is 6. The minimum Gasteiger partial charge on any atom is -0.373 e. The molecule has 0 aliphatic heterocycles. The molecule has 0 aromatic carbocycles. The smallest absolute Gasteiger partial charge is 0.0782 e. The SMILES string of the molecule is CCCC[N+](C)(C)CCCC.[N-]=[N+]=[N-]. The molecule has 4 heteroatoms. The van der Waals surface area contributed by atoms with Crippen LogP contribution in [-0.2, 0) is 0 Å². The summed E-state index contributed by atoms with van der Waals surface area (Å²) in [6.45, 7) is 7.21. The van der Waals surface area contributed by atoms with Crippen LogP contribution in [0, 0.1) is 0 Å². The first-order valence-corrected chi connectivity index (χ1v) is 5.34. The van der Waals surface area contributed by atoms with E-state index >= 15 is 0 Å². The monoisotopic (exact) mass is 200 g/mol. The minimum absolute atomic E-state index is 1.21. The van der Waals surface area contributed by atoms with Gasteiger partial charge >= 0.3 is 0 Å². The molecule has 0 heterocycles. The maximum absolute atomic E-state index is 6.75. The van der Waals surface area contributed by atoms with Crippen LogP contribution in [-0.4, -0.2) is 31.7 Å². The van der Waals surface area contributed by atoms with Crippen molar-refractivity contribution < 1.29 is 4.48 Å². The van der Waals surface area contributed by atoms with E-state index in [4.69, 9.17) is 11.1 Å². The van der Waals surface area contributed by atoms with Gasteiger partial charge in [-0.15, -0.1) is 0 Å². The van der Waals surface area contributed by atoms with E-state index in [0.29, 0.717) is 0 Å². The van der Waals surface area contributed by atoms with Gasteiger partial charge < -0.3 is 15.5 Å². The lowest BCUT2D eigenvalue weighted by Crippen LogP contribution is -2.41. The van der Waals surface area contributed by atoms with Crippen molar-refractivity contribution in [3.8, 4) is 0 Å². The Morgan fingerprint density at radius 2 is 1.21 bits per heavy atom. The molecule has 0 aromatic heterocycles. The molecule has 0 fully saturated rings. The van der Waals surface area contributed by atoms with E-state index in [-0.39, 0.29) is 0 Å². The van der Waals surface area contributed by atoms with Crippen LogP contribution in [0.4, 0.5) is 0 Å². The van der Waals surface area contributed by atoms with E-state index in [0.717, 1.165) is 0 Å². The first-order chi connectivity index (χ1) is 6.54. The van der Waals surface area contributed by atoms with E-state index < -0.39 is 0 Å². The lowest BCUT2D eigenvalue weighted by Gasteiger charge is -2.29. The second-order valence-electron chi connectivity index (χ2n) is 4.18. The highest BCUT2D eigenvalue weighted by molar-refractivity contribution is 4.37. The lowest BCUT2D eigenvalue weighted by atomic mass is 10.2. The Hall–Kier alpha value is -0.730. The van der Waals surface area contributed by atoms with E-state index in [9.17, 15) is 0 Å². The number of nitrogens with zero attached hydrogens (tertiary/aromatic N) is 4. The molecule has 0 aliphatic carbocycles. The molecule has 14 heavy (non-hydrogen) atoms. The fourth-order valence-electron chi connectivity index (χ4n) is 1.28. The van der Waals surface area contributed by atoms with Crippen molar-refractivity contribution in [1.82, 2.24) is 0 Å². The predicted octanol–water partition coefficient (Wildman–Crippen LogP) is 3.53. The zero-order valence-corrected chi connectivity index (χ0v) is 10.0. The zero-order chi connectivity index (χ0) is 11.4. The maximum Gasteiger partial charge on any atom is 0.0782 e. The quantitative estimate of drug-likeness (QED) is 0.272. The molecule has 0 saturated heterocycles. The zero-order valence-electron chi connectivity index (χ0n) is 10.0. The molecule has 0 bridgehead atoms. The summed E-state index contributed by atoms with van der Waals surface area (Å²) in [4.78, 5) is 1.50. The van der Waals surface area contributed by atoms with Crippen molar-refractivity contribution in [3.05, 3.63) is 16.0 Å². The van der Waals surface area contributed by atoms with Crippen LogP contribution in [0.5, 0.6) is 0 Å². The molecule has 0 N–H and O–H groups in total. The van der Waals surface area contributed by atoms with Gasteiger partial charge in [0.1, 0.15) is 0 Å². The minimum atomic E-state index is 1.21. The van der Waals surface area contributed by atoms with E-state index in [2.05, 4.69) is 27.9 Å². The van der Waals surface area contributed by atoms with Crippen LogP contribution < -0.4 is 0 Å². The Bertz CT molecular complexity index is 138. The van der Waals surface area contributed by atoms with Crippen LogP contribution in [0.2, 0.25) is 0 Å². The topological polar surface area (TPSA) is 58.7 Å². The first kappa shape index (κ1) is 15.7. The fraction of sp³-hybridized carbons (Fsp3) is 1.00. The molecule has 0 aliphatic rings. The molecular weight excluding hydrogens is 176 g/mol. The molecule has 0 saturated carbocycles. The highest BCUT2D eigenvalue weighted by Gasteiger charge is 2.11. The highest BCUT2D eigenvalue weighted by atomic mass is 15.3. The largest absolute Gasteiger partial charge is 0.373 e. The maximum atomic E-state index is 6.75. The van der Waals surface area contributed by atoms with Crippen molar-refractivity contribution in [2.45, 2.75) is 39.5 Å². The predicted molar refractivity (Wildman–Crippen MR) is 61.7 cm³/mol. The molecule has 0 aromatic rings. The van der Waals surface area contributed by atoms with Gasteiger partial charge in [-0.2, -0.15) is 0 Å². The van der Waals surface area contributed by atoms with Crippen molar-refractivity contribution in [2.24, 2.45) is 0 Å². The van der Waals surface area contributed by atoms with Crippen LogP contribution in [0.25, 0.3) is 16.0 Å². The van der Waals surface area contributed by atoms with Gasteiger partial charge in [0.15, 0.2) is 0 Å². The van der Waals surface area contributed by atoms with Crippen LogP contribution in [0.15, 0.2) is 0 Å². The second kappa shape index (κ2) is 10.4. The summed E-state index contributed by atoms with van der Waals surface area (Å²) in [6.07, 6.45) is 5.40. The molecule has 0 radical (unpaired) electrons. The molecule has 0 spiro atoms. The summed E-state index contributed by atoms with van der Waals surface area (Å²) in [5.41, 5.74) is 13.5. The molecule has 0 unspecified atom stereocenters. The molecule has 0 atom stereocenters. The van der Waals surface area contributed by atoms with Gasteiger partial charge in [0.25, 0.3) is 0 Å². The molecule has 0 rings (SSSR count). The van der Waals surface area contributed by atoms with Crippen molar-refractivity contribution in [1.29, 1.82) is 0 Å². The Kier molecular flexibility index (Phi) is 11.6. The number of quaternary nitrogens is 1. The number of hydrogen-bond donors (Lipinski definition) is 0. The summed E-state index contributed by atoms with van der Waals surface area (Å²) in [6, 6.07) is 0. The van der Waals surface area contributed by atoms with Crippen LogP contribution >= 0.6 is 0 Å². The molecular formula is C10H24N4. The third kappa shape index (κ3) is 13.8. The second-order valence-corrected chi connectivity index (χ2v) is 4.18. The Labute approximate surface area is 87.9 Å². The van der Waals surface area contributed by atoms with E-state index in [1.165, 1.54) is 48.2 Å². The number of unbranched alkanes of at least 4 members (excludes halogenated alkanes) is 2. The van der Waals surface area contributed by atoms with Crippen molar-refractivity contribution >= 4 is 0 Å². The van der Waals surface area contributed by atoms with Gasteiger partial charge in [-0.05, 0) is 12.8 Å². The average Bonchev–Trinajstić information content (AvgIpc) is 2.13. The normalized spacial score (nSPS) is 10.0. The van der Waals surface area contributed by atoms with Gasteiger partial charge in [0.2, 0.25) is 0 Å². The van der Waals surface area contributed by atoms with E-state index in [1.807, 2.05) is 0 Å². The van der Waals surface area contributed by atoms with Gasteiger partial charge in [-0.25, -0.2) is 0 Å². The van der Waals surface area contributed by atoms with Crippen LogP contribution in [0.1, 0.15) is 39.5 Å². The third-order valence-corrected chi connectivity index (χ3v) is 2.23. The number of hydrogen-bond acceptors (Lipinski definition) is 0.